The first-order chi connectivity index (χ1) is 17.8. The van der Waals surface area contributed by atoms with E-state index in [1.807, 2.05) is 49.1 Å². The van der Waals surface area contributed by atoms with Crippen molar-refractivity contribution in [2.45, 2.75) is 45.1 Å². The Morgan fingerprint density at radius 3 is 2.51 bits per heavy atom. The summed E-state index contributed by atoms with van der Waals surface area (Å²) in [7, 11) is 3.03. The molecular weight excluding hydrogens is 478 g/mol. The lowest BCUT2D eigenvalue weighted by Crippen LogP contribution is -2.59. The number of aliphatic imine (C=N–C) groups is 1. The predicted molar refractivity (Wildman–Crippen MR) is 141 cm³/mol. The molecule has 1 saturated heterocycles. The van der Waals surface area contributed by atoms with E-state index in [0.717, 1.165) is 17.5 Å². The fraction of sp³-hybridized carbons (Fsp3) is 0.393. The van der Waals surface area contributed by atoms with Crippen LogP contribution >= 0.6 is 0 Å². The zero-order valence-electron chi connectivity index (χ0n) is 21.7. The lowest BCUT2D eigenvalue weighted by molar-refractivity contribution is -0.122. The van der Waals surface area contributed by atoms with Gasteiger partial charge in [0.15, 0.2) is 0 Å². The summed E-state index contributed by atoms with van der Waals surface area (Å²) in [5.41, 5.74) is 2.14. The second-order valence-electron chi connectivity index (χ2n) is 8.96. The number of allylic oxidation sites excluding steroid dienone is 1. The second kappa shape index (κ2) is 13.0. The van der Waals surface area contributed by atoms with Crippen molar-refractivity contribution in [2.75, 3.05) is 32.1 Å². The van der Waals surface area contributed by atoms with E-state index in [0.29, 0.717) is 36.8 Å². The molecule has 1 fully saturated rings. The number of benzene rings is 2. The maximum atomic E-state index is 15.0. The lowest BCUT2D eigenvalue weighted by Gasteiger charge is -2.41. The van der Waals surface area contributed by atoms with Crippen molar-refractivity contribution in [3.05, 3.63) is 70.8 Å². The number of anilines is 1. The SMILES string of the molecule is CC/C=C(/OC(=NC)NC1CN(c2cc(F)c(C(CCC=O)C(=O)NC)c(F)c2)C1)c1cccc(C)c1. The van der Waals surface area contributed by atoms with Crippen LogP contribution < -0.4 is 15.5 Å². The molecule has 0 aliphatic carbocycles. The highest BCUT2D eigenvalue weighted by Crippen LogP contribution is 2.32. The van der Waals surface area contributed by atoms with Crippen LogP contribution in [-0.2, 0) is 14.3 Å². The smallest absolute Gasteiger partial charge is 0.290 e. The normalized spacial score (nSPS) is 15.1. The fourth-order valence-corrected chi connectivity index (χ4v) is 4.30. The van der Waals surface area contributed by atoms with Gasteiger partial charge in [0.05, 0.1) is 12.0 Å². The standard InChI is InChI=1S/C28H34F2N4O3/c1-5-8-25(19-10-6-9-18(2)13-19)37-28(32-4)33-20-16-34(17-20)21-14-23(29)26(24(30)15-21)22(11-7-12-35)27(36)31-3/h6,8-10,12-15,20,22H,5,7,11,16-17H2,1-4H3,(H,31,36)(H,32,33)/b25-8+. The number of amides is 1. The highest BCUT2D eigenvalue weighted by molar-refractivity contribution is 5.84. The summed E-state index contributed by atoms with van der Waals surface area (Å²) in [6, 6.07) is 10.8. The lowest BCUT2D eigenvalue weighted by atomic mass is 9.92. The predicted octanol–water partition coefficient (Wildman–Crippen LogP) is 4.31. The average Bonchev–Trinajstić information content (AvgIpc) is 2.85. The third-order valence-electron chi connectivity index (χ3n) is 6.22. The Morgan fingerprint density at radius 1 is 1.24 bits per heavy atom. The van der Waals surface area contributed by atoms with E-state index in [1.165, 1.54) is 19.2 Å². The van der Waals surface area contributed by atoms with E-state index in [2.05, 4.69) is 15.6 Å². The molecule has 2 aromatic carbocycles. The van der Waals surface area contributed by atoms with Crippen LogP contribution in [0.5, 0.6) is 0 Å². The minimum Gasteiger partial charge on any atom is -0.426 e. The van der Waals surface area contributed by atoms with Crippen molar-refractivity contribution in [1.29, 1.82) is 0 Å². The van der Waals surface area contributed by atoms with Crippen LogP contribution in [0.2, 0.25) is 0 Å². The third-order valence-corrected chi connectivity index (χ3v) is 6.22. The Balaban J connectivity index is 1.66. The topological polar surface area (TPSA) is 83.0 Å². The van der Waals surface area contributed by atoms with E-state index < -0.39 is 23.5 Å². The number of hydrogen-bond acceptors (Lipinski definition) is 5. The Labute approximate surface area is 216 Å². The van der Waals surface area contributed by atoms with Crippen molar-refractivity contribution in [1.82, 2.24) is 10.6 Å². The maximum absolute atomic E-state index is 15.0. The molecule has 37 heavy (non-hydrogen) atoms. The van der Waals surface area contributed by atoms with E-state index >= 15 is 0 Å². The first kappa shape index (κ1) is 27.8. The van der Waals surface area contributed by atoms with Gasteiger partial charge in [0.1, 0.15) is 23.7 Å². The Hall–Kier alpha value is -3.75. The minimum absolute atomic E-state index is 0.0284. The molecule has 1 atom stereocenters. The van der Waals surface area contributed by atoms with Gasteiger partial charge in [-0.2, -0.15) is 0 Å². The first-order valence-electron chi connectivity index (χ1n) is 12.4. The number of nitrogens with zero attached hydrogens (tertiary/aromatic N) is 2. The molecule has 1 amide bonds. The number of amidine groups is 1. The largest absolute Gasteiger partial charge is 0.426 e. The van der Waals surface area contributed by atoms with Gasteiger partial charge in [0, 0.05) is 50.4 Å². The average molecular weight is 513 g/mol. The molecule has 0 radical (unpaired) electrons. The van der Waals surface area contributed by atoms with Crippen LogP contribution in [0.1, 0.15) is 48.8 Å². The molecule has 0 bridgehead atoms. The molecule has 7 nitrogen and oxygen atoms in total. The molecular formula is C28H34F2N4O3. The van der Waals surface area contributed by atoms with E-state index in [9.17, 15) is 18.4 Å². The monoisotopic (exact) mass is 512 g/mol. The van der Waals surface area contributed by atoms with Crippen LogP contribution in [0.4, 0.5) is 14.5 Å². The van der Waals surface area contributed by atoms with Gasteiger partial charge in [-0.25, -0.2) is 13.8 Å². The number of rotatable bonds is 10. The van der Waals surface area contributed by atoms with Crippen LogP contribution in [0.15, 0.2) is 47.5 Å². The molecule has 2 aromatic rings. The quantitative estimate of drug-likeness (QED) is 0.215. The summed E-state index contributed by atoms with van der Waals surface area (Å²) >= 11 is 0. The van der Waals surface area contributed by atoms with Gasteiger partial charge in [0.25, 0.3) is 6.02 Å². The summed E-state index contributed by atoms with van der Waals surface area (Å²) in [5.74, 6) is -2.52. The van der Waals surface area contributed by atoms with Gasteiger partial charge in [-0.15, -0.1) is 0 Å². The van der Waals surface area contributed by atoms with Crippen LogP contribution in [0, 0.1) is 18.6 Å². The summed E-state index contributed by atoms with van der Waals surface area (Å²) in [6.07, 6.45) is 3.47. The number of ether oxygens (including phenoxy) is 1. The highest BCUT2D eigenvalue weighted by Gasteiger charge is 2.32. The minimum atomic E-state index is -1.07. The molecule has 0 aromatic heterocycles. The van der Waals surface area contributed by atoms with Crippen LogP contribution in [0.25, 0.3) is 5.76 Å². The number of likely N-dealkylation sites (N-methyl/N-ethyl adjacent to an activating group) is 1. The Kier molecular flexibility index (Phi) is 9.77. The van der Waals surface area contributed by atoms with Crippen LogP contribution in [0.3, 0.4) is 0 Å². The molecule has 198 valence electrons. The molecule has 3 rings (SSSR count). The van der Waals surface area contributed by atoms with Crippen molar-refractivity contribution >= 4 is 29.7 Å². The van der Waals surface area contributed by atoms with Crippen molar-refractivity contribution < 1.29 is 23.1 Å². The number of nitrogens with one attached hydrogen (secondary N) is 2. The number of carbonyl (C=O) groups excluding carboxylic acids is 2. The summed E-state index contributed by atoms with van der Waals surface area (Å²) in [4.78, 5) is 29.0. The Morgan fingerprint density at radius 2 is 1.95 bits per heavy atom. The first-order valence-corrected chi connectivity index (χ1v) is 12.4. The fourth-order valence-electron chi connectivity index (χ4n) is 4.30. The number of aryl methyl sites for hydroxylation is 1. The number of carbonyl (C=O) groups is 2. The highest BCUT2D eigenvalue weighted by atomic mass is 19.1. The molecule has 0 spiro atoms. The molecule has 1 aliphatic heterocycles. The molecule has 0 saturated carbocycles. The van der Waals surface area contributed by atoms with E-state index in [1.54, 1.807) is 7.05 Å². The van der Waals surface area contributed by atoms with Crippen LogP contribution in [-0.4, -0.2) is 51.4 Å². The second-order valence-corrected chi connectivity index (χ2v) is 8.96. The Bertz CT molecular complexity index is 1150. The van der Waals surface area contributed by atoms with Gasteiger partial charge >= 0.3 is 0 Å². The van der Waals surface area contributed by atoms with Gasteiger partial charge < -0.3 is 25.1 Å². The molecule has 2 N–H and O–H groups in total. The zero-order chi connectivity index (χ0) is 26.9. The van der Waals surface area contributed by atoms with Gasteiger partial charge in [-0.05, 0) is 44.0 Å². The number of halogens is 2. The third kappa shape index (κ3) is 6.93. The van der Waals surface area contributed by atoms with E-state index in [4.69, 9.17) is 4.74 Å². The molecule has 1 heterocycles. The molecule has 1 unspecified atom stereocenters. The summed E-state index contributed by atoms with van der Waals surface area (Å²) in [6.45, 7) is 5.02. The zero-order valence-corrected chi connectivity index (χ0v) is 21.7. The number of hydrogen-bond donors (Lipinski definition) is 2. The van der Waals surface area contributed by atoms with Crippen molar-refractivity contribution in [2.24, 2.45) is 4.99 Å². The van der Waals surface area contributed by atoms with Gasteiger partial charge in [-0.3, -0.25) is 4.79 Å². The number of aldehydes is 1. The van der Waals surface area contributed by atoms with Crippen molar-refractivity contribution in [3.63, 3.8) is 0 Å². The van der Waals surface area contributed by atoms with Gasteiger partial charge in [-0.1, -0.05) is 30.7 Å². The molecule has 1 aliphatic rings. The van der Waals surface area contributed by atoms with Gasteiger partial charge in [0.2, 0.25) is 5.91 Å². The summed E-state index contributed by atoms with van der Waals surface area (Å²) in [5, 5.41) is 5.67. The van der Waals surface area contributed by atoms with E-state index in [-0.39, 0.29) is 24.4 Å². The van der Waals surface area contributed by atoms with Crippen molar-refractivity contribution in [3.8, 4) is 0 Å². The maximum Gasteiger partial charge on any atom is 0.290 e. The molecule has 9 heteroatoms. The summed E-state index contributed by atoms with van der Waals surface area (Å²) < 4.78 is 36.0.